The van der Waals surface area contributed by atoms with E-state index in [2.05, 4.69) is 10.1 Å². The van der Waals surface area contributed by atoms with Gasteiger partial charge in [0.05, 0.1) is 0 Å². The van der Waals surface area contributed by atoms with Crippen molar-refractivity contribution in [3.8, 4) is 11.3 Å². The fourth-order valence-electron chi connectivity index (χ4n) is 2.67. The molecule has 0 aliphatic carbocycles. The maximum Gasteiger partial charge on any atom is 0.329 e. The van der Waals surface area contributed by atoms with Gasteiger partial charge in [0.25, 0.3) is 5.91 Å². The van der Waals surface area contributed by atoms with Crippen LogP contribution in [-0.4, -0.2) is 44.1 Å². The Morgan fingerprint density at radius 1 is 1.45 bits per heavy atom. The Kier molecular flexibility index (Phi) is 3.40. The molecule has 0 bridgehead atoms. The summed E-state index contributed by atoms with van der Waals surface area (Å²) < 4.78 is 5.18. The Balaban J connectivity index is 1.88. The molecule has 0 aromatic carbocycles. The topological polar surface area (TPSA) is 96.5 Å². The average molecular weight is 301 g/mol. The van der Waals surface area contributed by atoms with Crippen LogP contribution in [0, 0.1) is 0 Å². The Bertz CT molecular complexity index is 713. The second-order valence-corrected chi connectivity index (χ2v) is 5.46. The summed E-state index contributed by atoms with van der Waals surface area (Å²) in [4.78, 5) is 29.3. The highest BCUT2D eigenvalue weighted by atomic mass is 16.5. The van der Waals surface area contributed by atoms with Crippen LogP contribution in [0.3, 0.4) is 0 Å². The predicted octanol–water partition coefficient (Wildman–Crippen LogP) is 1.82. The number of hydrogen-bond acceptors (Lipinski definition) is 5. The molecule has 7 heteroatoms. The molecule has 1 N–H and O–H groups in total. The van der Waals surface area contributed by atoms with Crippen LogP contribution in [0.4, 0.5) is 0 Å². The van der Waals surface area contributed by atoms with Gasteiger partial charge in [0.2, 0.25) is 0 Å². The Hall–Kier alpha value is -2.70. The number of pyridine rings is 1. The summed E-state index contributed by atoms with van der Waals surface area (Å²) in [6.07, 6.45) is 4.32. The molecule has 22 heavy (non-hydrogen) atoms. The molecule has 0 radical (unpaired) electrons. The van der Waals surface area contributed by atoms with Gasteiger partial charge in [-0.05, 0) is 31.9 Å². The summed E-state index contributed by atoms with van der Waals surface area (Å²) in [7, 11) is 0. The summed E-state index contributed by atoms with van der Waals surface area (Å²) in [6.45, 7) is 1.96. The van der Waals surface area contributed by atoms with E-state index in [1.807, 2.05) is 0 Å². The van der Waals surface area contributed by atoms with Crippen LogP contribution in [0.2, 0.25) is 0 Å². The van der Waals surface area contributed by atoms with E-state index < -0.39 is 17.4 Å². The number of amides is 1. The first kappa shape index (κ1) is 14.2. The number of carbonyl (C=O) groups is 2. The van der Waals surface area contributed by atoms with Crippen LogP contribution >= 0.6 is 0 Å². The number of likely N-dealkylation sites (tertiary alicyclic amines) is 1. The lowest BCUT2D eigenvalue weighted by Crippen LogP contribution is -2.50. The molecule has 0 spiro atoms. The van der Waals surface area contributed by atoms with Gasteiger partial charge in [-0.3, -0.25) is 9.78 Å². The van der Waals surface area contributed by atoms with Crippen molar-refractivity contribution in [3.63, 3.8) is 0 Å². The van der Waals surface area contributed by atoms with Crippen molar-refractivity contribution >= 4 is 11.9 Å². The molecule has 1 aliphatic heterocycles. The lowest BCUT2D eigenvalue weighted by Gasteiger charge is -2.30. The van der Waals surface area contributed by atoms with E-state index in [-0.39, 0.29) is 5.69 Å². The normalized spacial score (nSPS) is 21.0. The second-order valence-electron chi connectivity index (χ2n) is 5.46. The largest absolute Gasteiger partial charge is 0.480 e. The number of hydrogen-bond donors (Lipinski definition) is 1. The molecule has 1 saturated heterocycles. The SMILES string of the molecule is CC1(C(=O)O)CCCN1C(=O)c1cc(-c2cccnc2)on1. The Morgan fingerprint density at radius 3 is 2.95 bits per heavy atom. The van der Waals surface area contributed by atoms with E-state index in [1.165, 1.54) is 11.0 Å². The minimum atomic E-state index is -1.19. The zero-order chi connectivity index (χ0) is 15.7. The number of carboxylic acid groups (broad SMARTS) is 1. The summed E-state index contributed by atoms with van der Waals surface area (Å²) in [5.74, 6) is -1.01. The van der Waals surface area contributed by atoms with Crippen molar-refractivity contribution in [1.82, 2.24) is 15.0 Å². The highest BCUT2D eigenvalue weighted by Gasteiger charge is 2.46. The maximum atomic E-state index is 12.5. The predicted molar refractivity (Wildman–Crippen MR) is 76.0 cm³/mol. The highest BCUT2D eigenvalue weighted by Crippen LogP contribution is 2.31. The van der Waals surface area contributed by atoms with Gasteiger partial charge in [-0.25, -0.2) is 4.79 Å². The van der Waals surface area contributed by atoms with Crippen LogP contribution in [0.1, 0.15) is 30.3 Å². The monoisotopic (exact) mass is 301 g/mol. The molecular formula is C15H15N3O4. The highest BCUT2D eigenvalue weighted by molar-refractivity contribution is 5.97. The van der Waals surface area contributed by atoms with Gasteiger partial charge in [-0.1, -0.05) is 5.16 Å². The van der Waals surface area contributed by atoms with Gasteiger partial charge in [-0.15, -0.1) is 0 Å². The molecular weight excluding hydrogens is 286 g/mol. The molecule has 1 unspecified atom stereocenters. The third-order valence-corrected chi connectivity index (χ3v) is 4.02. The minimum Gasteiger partial charge on any atom is -0.480 e. The third-order valence-electron chi connectivity index (χ3n) is 4.02. The first-order valence-electron chi connectivity index (χ1n) is 6.95. The van der Waals surface area contributed by atoms with E-state index in [0.29, 0.717) is 30.7 Å². The van der Waals surface area contributed by atoms with E-state index in [9.17, 15) is 14.7 Å². The molecule has 1 atom stereocenters. The van der Waals surface area contributed by atoms with E-state index in [0.717, 1.165) is 0 Å². The van der Waals surface area contributed by atoms with Crippen LogP contribution in [-0.2, 0) is 4.79 Å². The number of nitrogens with zero attached hydrogens (tertiary/aromatic N) is 3. The Morgan fingerprint density at radius 2 is 2.27 bits per heavy atom. The maximum absolute atomic E-state index is 12.5. The summed E-state index contributed by atoms with van der Waals surface area (Å²) in [5.41, 5.74) is -0.380. The first-order valence-corrected chi connectivity index (χ1v) is 6.95. The van der Waals surface area contributed by atoms with Gasteiger partial charge in [0.15, 0.2) is 11.5 Å². The van der Waals surface area contributed by atoms with Crippen LogP contribution in [0.15, 0.2) is 35.1 Å². The van der Waals surface area contributed by atoms with Gasteiger partial charge >= 0.3 is 5.97 Å². The van der Waals surface area contributed by atoms with Crippen molar-refractivity contribution in [3.05, 3.63) is 36.3 Å². The molecule has 1 aliphatic rings. The second kappa shape index (κ2) is 5.25. The zero-order valence-electron chi connectivity index (χ0n) is 12.0. The number of carboxylic acids is 1. The smallest absolute Gasteiger partial charge is 0.329 e. The molecule has 3 heterocycles. The molecule has 2 aromatic heterocycles. The third kappa shape index (κ3) is 2.24. The molecule has 3 rings (SSSR count). The molecule has 1 amide bonds. The van der Waals surface area contributed by atoms with Crippen molar-refractivity contribution in [2.75, 3.05) is 6.54 Å². The summed E-state index contributed by atoms with van der Waals surface area (Å²) in [6, 6.07) is 5.06. The van der Waals surface area contributed by atoms with Gasteiger partial charge in [-0.2, -0.15) is 0 Å². The zero-order valence-corrected chi connectivity index (χ0v) is 12.0. The van der Waals surface area contributed by atoms with Crippen LogP contribution < -0.4 is 0 Å². The van der Waals surface area contributed by atoms with Crippen molar-refractivity contribution in [1.29, 1.82) is 0 Å². The molecule has 7 nitrogen and oxygen atoms in total. The number of aliphatic carboxylic acids is 1. The average Bonchev–Trinajstić information content (AvgIpc) is 3.15. The van der Waals surface area contributed by atoms with E-state index in [4.69, 9.17) is 4.52 Å². The standard InChI is InChI=1S/C15H15N3O4/c1-15(14(20)21)5-3-7-18(15)13(19)11-8-12(22-17-11)10-4-2-6-16-9-10/h2,4,6,8-9H,3,5,7H2,1H3,(H,20,21). The molecule has 0 saturated carbocycles. The number of aromatic nitrogens is 2. The lowest BCUT2D eigenvalue weighted by molar-refractivity contribution is -0.147. The van der Waals surface area contributed by atoms with Gasteiger partial charge < -0.3 is 14.5 Å². The van der Waals surface area contributed by atoms with Crippen molar-refractivity contribution < 1.29 is 19.2 Å². The van der Waals surface area contributed by atoms with Crippen molar-refractivity contribution in [2.45, 2.75) is 25.3 Å². The minimum absolute atomic E-state index is 0.105. The van der Waals surface area contributed by atoms with Gasteiger partial charge in [0.1, 0.15) is 5.54 Å². The summed E-state index contributed by atoms with van der Waals surface area (Å²) in [5, 5.41) is 13.2. The Labute approximate surface area is 126 Å². The molecule has 2 aromatic rings. The van der Waals surface area contributed by atoms with E-state index >= 15 is 0 Å². The summed E-state index contributed by atoms with van der Waals surface area (Å²) >= 11 is 0. The van der Waals surface area contributed by atoms with Crippen LogP contribution in [0.5, 0.6) is 0 Å². The fourth-order valence-corrected chi connectivity index (χ4v) is 2.67. The van der Waals surface area contributed by atoms with E-state index in [1.54, 1.807) is 31.5 Å². The van der Waals surface area contributed by atoms with Crippen molar-refractivity contribution in [2.24, 2.45) is 0 Å². The first-order chi connectivity index (χ1) is 10.5. The quantitative estimate of drug-likeness (QED) is 0.928. The fraction of sp³-hybridized carbons (Fsp3) is 0.333. The van der Waals surface area contributed by atoms with Crippen LogP contribution in [0.25, 0.3) is 11.3 Å². The number of rotatable bonds is 3. The van der Waals surface area contributed by atoms with Gasteiger partial charge in [0, 0.05) is 30.6 Å². The molecule has 114 valence electrons. The lowest BCUT2D eigenvalue weighted by atomic mass is 9.99. The molecule has 1 fully saturated rings. The number of carbonyl (C=O) groups excluding carboxylic acids is 1.